The van der Waals surface area contributed by atoms with Crippen molar-refractivity contribution in [1.82, 2.24) is 4.90 Å². The summed E-state index contributed by atoms with van der Waals surface area (Å²) in [5.41, 5.74) is 2.43. The summed E-state index contributed by atoms with van der Waals surface area (Å²) in [6.07, 6.45) is 3.76. The molecule has 114 valence electrons. The maximum atomic E-state index is 11.1. The number of morpholine rings is 1. The Morgan fingerprint density at radius 2 is 2.33 bits per heavy atom. The zero-order valence-corrected chi connectivity index (χ0v) is 12.5. The quantitative estimate of drug-likeness (QED) is 0.925. The number of ether oxygens (including phenoxy) is 1. The first-order valence-corrected chi connectivity index (χ1v) is 7.82. The van der Waals surface area contributed by atoms with E-state index < -0.39 is 0 Å². The number of phenolic OH excluding ortho intramolecular Hbond substituents is 1. The van der Waals surface area contributed by atoms with Gasteiger partial charge in [-0.2, -0.15) is 0 Å². The molecule has 0 amide bonds. The lowest BCUT2D eigenvalue weighted by Gasteiger charge is -2.44. The highest BCUT2D eigenvalue weighted by Crippen LogP contribution is 2.39. The van der Waals surface area contributed by atoms with Gasteiger partial charge in [-0.1, -0.05) is 6.07 Å². The lowest BCUT2D eigenvalue weighted by molar-refractivity contribution is -0.117. The average molecular weight is 289 g/mol. The monoisotopic (exact) mass is 289 g/mol. The molecule has 2 atom stereocenters. The lowest BCUT2D eigenvalue weighted by atomic mass is 9.84. The molecular formula is C17H23NO3. The molecule has 1 aliphatic carbocycles. The molecule has 4 heteroatoms. The van der Waals surface area contributed by atoms with Crippen LogP contribution in [0.1, 0.15) is 43.4 Å². The van der Waals surface area contributed by atoms with Crippen molar-refractivity contribution in [2.24, 2.45) is 0 Å². The Hall–Kier alpha value is -1.39. The standard InChI is InChI=1S/C17H23NO3/c1-12(19)3-2-8-18-9-10-21-17-15-11-14(20)6-4-13(15)5-7-16(17)18/h4,6,11,16-17,20H,2-3,5,7-10H2,1H3/t16?,17-/m1/s1. The molecule has 1 saturated heterocycles. The van der Waals surface area contributed by atoms with Crippen LogP contribution < -0.4 is 0 Å². The normalized spacial score (nSPS) is 25.2. The van der Waals surface area contributed by atoms with Gasteiger partial charge in [-0.3, -0.25) is 4.90 Å². The largest absolute Gasteiger partial charge is 0.508 e. The average Bonchev–Trinajstić information content (AvgIpc) is 2.47. The number of rotatable bonds is 4. The maximum absolute atomic E-state index is 11.1. The van der Waals surface area contributed by atoms with Gasteiger partial charge in [0.1, 0.15) is 11.5 Å². The molecular weight excluding hydrogens is 266 g/mol. The summed E-state index contributed by atoms with van der Waals surface area (Å²) < 4.78 is 6.00. The number of hydrogen-bond acceptors (Lipinski definition) is 4. The van der Waals surface area contributed by atoms with Gasteiger partial charge in [0.2, 0.25) is 0 Å². The molecule has 1 heterocycles. The molecule has 0 bridgehead atoms. The number of aryl methyl sites for hydroxylation is 1. The van der Waals surface area contributed by atoms with E-state index in [0.29, 0.717) is 18.2 Å². The summed E-state index contributed by atoms with van der Waals surface area (Å²) in [4.78, 5) is 13.6. The van der Waals surface area contributed by atoms with Gasteiger partial charge in [-0.05, 0) is 56.0 Å². The van der Waals surface area contributed by atoms with E-state index in [2.05, 4.69) is 4.90 Å². The summed E-state index contributed by atoms with van der Waals surface area (Å²) >= 11 is 0. The summed E-state index contributed by atoms with van der Waals surface area (Å²) in [6.45, 7) is 4.27. The topological polar surface area (TPSA) is 49.8 Å². The fraction of sp³-hybridized carbons (Fsp3) is 0.588. The second kappa shape index (κ2) is 6.16. The minimum absolute atomic E-state index is 0.0620. The predicted octanol–water partition coefficient (Wildman–Crippen LogP) is 2.45. The zero-order chi connectivity index (χ0) is 14.8. The molecule has 0 aromatic heterocycles. The minimum Gasteiger partial charge on any atom is -0.508 e. The van der Waals surface area contributed by atoms with Crippen LogP contribution in [0, 0.1) is 0 Å². The molecule has 1 unspecified atom stereocenters. The van der Waals surface area contributed by atoms with Gasteiger partial charge in [-0.15, -0.1) is 0 Å². The van der Waals surface area contributed by atoms with E-state index >= 15 is 0 Å². The van der Waals surface area contributed by atoms with Crippen molar-refractivity contribution < 1.29 is 14.6 Å². The fourth-order valence-corrected chi connectivity index (χ4v) is 3.58. The number of hydrogen-bond donors (Lipinski definition) is 1. The first-order valence-electron chi connectivity index (χ1n) is 7.82. The Balaban J connectivity index is 1.73. The molecule has 1 aromatic rings. The summed E-state index contributed by atoms with van der Waals surface area (Å²) in [5, 5.41) is 9.74. The van der Waals surface area contributed by atoms with Gasteiger partial charge in [-0.25, -0.2) is 0 Å². The number of aromatic hydroxyl groups is 1. The Morgan fingerprint density at radius 1 is 1.48 bits per heavy atom. The number of fused-ring (bicyclic) bond motifs is 3. The SMILES string of the molecule is CC(=O)CCCN1CCO[C@@H]2c3cc(O)ccc3CCC21. The molecule has 1 aromatic carbocycles. The van der Waals surface area contributed by atoms with Crippen LogP contribution in [0.25, 0.3) is 0 Å². The molecule has 21 heavy (non-hydrogen) atoms. The Labute approximate surface area is 125 Å². The number of ketones is 1. The third-order valence-corrected chi connectivity index (χ3v) is 4.61. The van der Waals surface area contributed by atoms with Crippen molar-refractivity contribution in [1.29, 1.82) is 0 Å². The highest BCUT2D eigenvalue weighted by atomic mass is 16.5. The third-order valence-electron chi connectivity index (χ3n) is 4.61. The van der Waals surface area contributed by atoms with Crippen LogP contribution in [0.2, 0.25) is 0 Å². The van der Waals surface area contributed by atoms with E-state index in [1.807, 2.05) is 12.1 Å². The Morgan fingerprint density at radius 3 is 3.14 bits per heavy atom. The number of nitrogens with zero attached hydrogens (tertiary/aromatic N) is 1. The molecule has 2 aliphatic rings. The molecule has 4 nitrogen and oxygen atoms in total. The second-order valence-electron chi connectivity index (χ2n) is 6.12. The first kappa shape index (κ1) is 14.5. The lowest BCUT2D eigenvalue weighted by Crippen LogP contribution is -2.49. The third kappa shape index (κ3) is 3.11. The van der Waals surface area contributed by atoms with Crippen molar-refractivity contribution in [3.8, 4) is 5.75 Å². The maximum Gasteiger partial charge on any atom is 0.129 e. The van der Waals surface area contributed by atoms with Gasteiger partial charge < -0.3 is 14.6 Å². The van der Waals surface area contributed by atoms with E-state index in [0.717, 1.165) is 44.5 Å². The number of phenols is 1. The fourth-order valence-electron chi connectivity index (χ4n) is 3.58. The van der Waals surface area contributed by atoms with Crippen LogP contribution in [0.4, 0.5) is 0 Å². The Bertz CT molecular complexity index is 529. The van der Waals surface area contributed by atoms with Gasteiger partial charge in [0.05, 0.1) is 12.7 Å². The number of Topliss-reactive ketones (excluding diaryl/α,β-unsaturated/α-hetero) is 1. The number of carbonyl (C=O) groups excluding carboxylic acids is 1. The van der Waals surface area contributed by atoms with E-state index in [-0.39, 0.29) is 11.9 Å². The zero-order valence-electron chi connectivity index (χ0n) is 12.5. The molecule has 1 N–H and O–H groups in total. The molecule has 1 fully saturated rings. The highest BCUT2D eigenvalue weighted by molar-refractivity contribution is 5.75. The summed E-state index contributed by atoms with van der Waals surface area (Å²) in [5.74, 6) is 0.574. The summed E-state index contributed by atoms with van der Waals surface area (Å²) in [6, 6.07) is 6.00. The molecule has 0 spiro atoms. The number of benzene rings is 1. The van der Waals surface area contributed by atoms with Crippen LogP contribution >= 0.6 is 0 Å². The van der Waals surface area contributed by atoms with E-state index in [1.165, 1.54) is 5.56 Å². The predicted molar refractivity (Wildman–Crippen MR) is 80.4 cm³/mol. The van der Waals surface area contributed by atoms with E-state index in [4.69, 9.17) is 4.74 Å². The van der Waals surface area contributed by atoms with Gasteiger partial charge in [0.15, 0.2) is 0 Å². The minimum atomic E-state index is 0.0620. The van der Waals surface area contributed by atoms with Gasteiger partial charge in [0, 0.05) is 19.0 Å². The van der Waals surface area contributed by atoms with Gasteiger partial charge in [0.25, 0.3) is 0 Å². The van der Waals surface area contributed by atoms with Crippen molar-refractivity contribution in [2.45, 2.75) is 44.8 Å². The van der Waals surface area contributed by atoms with E-state index in [9.17, 15) is 9.90 Å². The highest BCUT2D eigenvalue weighted by Gasteiger charge is 2.37. The van der Waals surface area contributed by atoms with Crippen LogP contribution in [0.15, 0.2) is 18.2 Å². The molecule has 0 radical (unpaired) electrons. The molecule has 1 aliphatic heterocycles. The smallest absolute Gasteiger partial charge is 0.129 e. The van der Waals surface area contributed by atoms with Crippen molar-refractivity contribution in [3.63, 3.8) is 0 Å². The van der Waals surface area contributed by atoms with Crippen LogP contribution in [0.5, 0.6) is 5.75 Å². The summed E-state index contributed by atoms with van der Waals surface area (Å²) in [7, 11) is 0. The van der Waals surface area contributed by atoms with Crippen LogP contribution in [-0.2, 0) is 16.0 Å². The second-order valence-corrected chi connectivity index (χ2v) is 6.12. The molecule has 0 saturated carbocycles. The van der Waals surface area contributed by atoms with E-state index in [1.54, 1.807) is 13.0 Å². The first-order chi connectivity index (χ1) is 10.1. The Kier molecular flexibility index (Phi) is 4.27. The van der Waals surface area contributed by atoms with Crippen molar-refractivity contribution in [2.75, 3.05) is 19.7 Å². The van der Waals surface area contributed by atoms with Crippen molar-refractivity contribution in [3.05, 3.63) is 29.3 Å². The number of carbonyl (C=O) groups is 1. The van der Waals surface area contributed by atoms with Crippen LogP contribution in [0.3, 0.4) is 0 Å². The van der Waals surface area contributed by atoms with Gasteiger partial charge >= 0.3 is 0 Å². The van der Waals surface area contributed by atoms with Crippen molar-refractivity contribution >= 4 is 5.78 Å². The van der Waals surface area contributed by atoms with Crippen LogP contribution in [-0.4, -0.2) is 41.5 Å². The molecule has 3 rings (SSSR count).